The van der Waals surface area contributed by atoms with E-state index in [1.165, 1.54) is 6.07 Å². The van der Waals surface area contributed by atoms with Crippen molar-refractivity contribution in [3.8, 4) is 11.5 Å². The maximum atomic E-state index is 13.1. The van der Waals surface area contributed by atoms with Gasteiger partial charge in [-0.05, 0) is 44.2 Å². The first-order chi connectivity index (χ1) is 16.6. The number of hydrogen-bond donors (Lipinski definition) is 5. The van der Waals surface area contributed by atoms with Crippen molar-refractivity contribution in [2.24, 2.45) is 0 Å². The highest BCUT2D eigenvalue weighted by atomic mass is 16.7. The molecule has 1 aromatic carbocycles. The Hall–Kier alpha value is -2.99. The van der Waals surface area contributed by atoms with Gasteiger partial charge in [-0.15, -0.1) is 0 Å². The van der Waals surface area contributed by atoms with Crippen molar-refractivity contribution in [2.45, 2.75) is 82.3 Å². The predicted molar refractivity (Wildman–Crippen MR) is 120 cm³/mol. The third-order valence-electron chi connectivity index (χ3n) is 5.88. The minimum atomic E-state index is -1.92. The molecule has 192 valence electrons. The zero-order valence-corrected chi connectivity index (χ0v) is 19.2. The molecule has 3 rings (SSSR count). The van der Waals surface area contributed by atoms with Gasteiger partial charge in [-0.1, -0.05) is 12.2 Å². The van der Waals surface area contributed by atoms with Crippen LogP contribution < -0.4 is 4.74 Å². The third-order valence-corrected chi connectivity index (χ3v) is 5.88. The van der Waals surface area contributed by atoms with Gasteiger partial charge in [0.05, 0.1) is 6.10 Å². The van der Waals surface area contributed by atoms with Gasteiger partial charge in [0.2, 0.25) is 6.29 Å². The largest absolute Gasteiger partial charge is 0.508 e. The van der Waals surface area contributed by atoms with Crippen molar-refractivity contribution in [1.82, 2.24) is 0 Å². The lowest BCUT2D eigenvalue weighted by atomic mass is 9.98. The molecule has 35 heavy (non-hydrogen) atoms. The number of ether oxygens (including phenoxy) is 3. The van der Waals surface area contributed by atoms with E-state index in [0.29, 0.717) is 38.5 Å². The molecule has 1 fully saturated rings. The number of carboxylic acids is 1. The highest BCUT2D eigenvalue weighted by Gasteiger charge is 2.48. The molecule has 2 aliphatic rings. The van der Waals surface area contributed by atoms with Crippen molar-refractivity contribution in [2.75, 3.05) is 0 Å². The number of cyclic esters (lactones) is 1. The molecule has 2 heterocycles. The molecule has 0 saturated carbocycles. The van der Waals surface area contributed by atoms with Crippen LogP contribution in [0.2, 0.25) is 0 Å². The van der Waals surface area contributed by atoms with Crippen LogP contribution in [0.4, 0.5) is 0 Å². The number of allylic oxidation sites excluding steroid dienone is 1. The normalized spacial score (nSPS) is 31.5. The van der Waals surface area contributed by atoms with Crippen molar-refractivity contribution >= 4 is 23.8 Å². The number of benzene rings is 1. The fourth-order valence-electron chi connectivity index (χ4n) is 3.98. The van der Waals surface area contributed by atoms with E-state index in [-0.39, 0.29) is 28.4 Å². The average molecular weight is 494 g/mol. The van der Waals surface area contributed by atoms with Crippen LogP contribution in [-0.2, 0) is 19.1 Å². The fourth-order valence-corrected chi connectivity index (χ4v) is 3.98. The quantitative estimate of drug-likeness (QED) is 0.380. The Morgan fingerprint density at radius 3 is 2.49 bits per heavy atom. The lowest BCUT2D eigenvalue weighted by Gasteiger charge is -2.38. The maximum Gasteiger partial charge on any atom is 0.342 e. The summed E-state index contributed by atoms with van der Waals surface area (Å²) in [6, 6.07) is 2.38. The molecule has 6 unspecified atom stereocenters. The number of fused-ring (bicyclic) bond motifs is 1. The second kappa shape index (κ2) is 11.6. The number of aliphatic hydroxyl groups is 3. The number of rotatable bonds is 3. The highest BCUT2D eigenvalue weighted by Crippen LogP contribution is 2.34. The number of ketones is 1. The van der Waals surface area contributed by atoms with E-state index < -0.39 is 48.7 Å². The Morgan fingerprint density at radius 1 is 1.06 bits per heavy atom. The van der Waals surface area contributed by atoms with Gasteiger partial charge in [0, 0.05) is 18.9 Å². The number of carbonyl (C=O) groups is 3. The van der Waals surface area contributed by atoms with Crippen LogP contribution in [-0.4, -0.2) is 80.1 Å². The number of phenols is 1. The molecule has 1 aromatic rings. The maximum absolute atomic E-state index is 13.1. The Bertz CT molecular complexity index is 972. The number of aliphatic carboxylic acids is 1. The van der Waals surface area contributed by atoms with Gasteiger partial charge in [-0.2, -0.15) is 0 Å². The number of esters is 1. The molecule has 0 aliphatic carbocycles. The predicted octanol–water partition coefficient (Wildman–Crippen LogP) is 1.14. The second-order valence-electron chi connectivity index (χ2n) is 8.70. The molecule has 5 N–H and O–H groups in total. The minimum absolute atomic E-state index is 0.109. The van der Waals surface area contributed by atoms with Crippen molar-refractivity contribution in [3.05, 3.63) is 29.3 Å². The molecule has 11 nitrogen and oxygen atoms in total. The number of Topliss-reactive ketones (excluding diaryl/α,β-unsaturated/α-hetero) is 1. The van der Waals surface area contributed by atoms with Crippen molar-refractivity contribution < 1.29 is 54.1 Å². The standard InChI is InChI=1S/C24H30O11/c1-12-6-5-9-14(25)8-4-2-3-7-13-10-15(26)11-16(17(13)23(32)33-12)34-24-20(29)18(27)19(28)21(35-24)22(30)31/h3,7,10-12,18-21,24,26-29H,2,4-6,8-9H2,1H3,(H,30,31)/b7-3+. The molecular weight excluding hydrogens is 464 g/mol. The van der Waals surface area contributed by atoms with Gasteiger partial charge in [-0.3, -0.25) is 4.79 Å². The van der Waals surface area contributed by atoms with Crippen LogP contribution in [0.5, 0.6) is 11.5 Å². The molecule has 0 aromatic heterocycles. The van der Waals surface area contributed by atoms with E-state index >= 15 is 0 Å². The van der Waals surface area contributed by atoms with Crippen LogP contribution >= 0.6 is 0 Å². The van der Waals surface area contributed by atoms with Crippen LogP contribution in [0.3, 0.4) is 0 Å². The van der Waals surface area contributed by atoms with E-state index in [1.807, 2.05) is 0 Å². The van der Waals surface area contributed by atoms with Gasteiger partial charge in [0.15, 0.2) is 6.10 Å². The van der Waals surface area contributed by atoms with E-state index in [0.717, 1.165) is 6.07 Å². The zero-order valence-electron chi connectivity index (χ0n) is 19.2. The summed E-state index contributed by atoms with van der Waals surface area (Å²) in [5, 5.41) is 49.8. The van der Waals surface area contributed by atoms with Gasteiger partial charge in [0.25, 0.3) is 0 Å². The van der Waals surface area contributed by atoms with Crippen LogP contribution in [0, 0.1) is 0 Å². The molecule has 6 atom stereocenters. The molecular formula is C24H30O11. The SMILES string of the molecule is CC1CCCC(=O)CCC/C=C/c2cc(O)cc(OC3OC(C(=O)O)C(O)C(O)C3O)c2C(=O)O1. The number of carbonyl (C=O) groups excluding carboxylic acids is 2. The third kappa shape index (κ3) is 6.57. The Labute approximate surface area is 201 Å². The number of carboxylic acid groups (broad SMARTS) is 1. The molecule has 2 aliphatic heterocycles. The van der Waals surface area contributed by atoms with Crippen molar-refractivity contribution in [3.63, 3.8) is 0 Å². The van der Waals surface area contributed by atoms with Gasteiger partial charge >= 0.3 is 11.9 Å². The Balaban J connectivity index is 1.97. The number of phenolic OH excluding ortho intramolecular Hbond substituents is 1. The molecule has 0 radical (unpaired) electrons. The lowest BCUT2D eigenvalue weighted by Crippen LogP contribution is -2.61. The van der Waals surface area contributed by atoms with E-state index in [2.05, 4.69) is 0 Å². The molecule has 0 amide bonds. The highest BCUT2D eigenvalue weighted by molar-refractivity contribution is 5.97. The smallest absolute Gasteiger partial charge is 0.342 e. The summed E-state index contributed by atoms with van der Waals surface area (Å²) in [5.41, 5.74) is 0.114. The van der Waals surface area contributed by atoms with Gasteiger partial charge in [0.1, 0.15) is 41.2 Å². The number of aliphatic hydroxyl groups excluding tert-OH is 3. The fraction of sp³-hybridized carbons (Fsp3) is 0.542. The van der Waals surface area contributed by atoms with Crippen LogP contribution in [0.15, 0.2) is 18.2 Å². The molecule has 1 saturated heterocycles. The van der Waals surface area contributed by atoms with Crippen LogP contribution in [0.1, 0.15) is 61.4 Å². The summed E-state index contributed by atoms with van der Waals surface area (Å²) < 4.78 is 16.3. The molecule has 0 bridgehead atoms. The van der Waals surface area contributed by atoms with E-state index in [4.69, 9.17) is 14.2 Å². The first-order valence-electron chi connectivity index (χ1n) is 11.4. The van der Waals surface area contributed by atoms with Crippen LogP contribution in [0.25, 0.3) is 6.08 Å². The van der Waals surface area contributed by atoms with Gasteiger partial charge in [-0.25, -0.2) is 9.59 Å². The van der Waals surface area contributed by atoms with E-state index in [9.17, 15) is 39.9 Å². The topological polar surface area (TPSA) is 180 Å². The molecule has 11 heteroatoms. The first-order valence-corrected chi connectivity index (χ1v) is 11.4. The van der Waals surface area contributed by atoms with E-state index in [1.54, 1.807) is 19.1 Å². The zero-order chi connectivity index (χ0) is 25.7. The lowest BCUT2D eigenvalue weighted by molar-refractivity contribution is -0.271. The Morgan fingerprint density at radius 2 is 1.77 bits per heavy atom. The second-order valence-corrected chi connectivity index (χ2v) is 8.70. The summed E-state index contributed by atoms with van der Waals surface area (Å²) in [6.07, 6.45) is -3.66. The Kier molecular flexibility index (Phi) is 8.84. The summed E-state index contributed by atoms with van der Waals surface area (Å²) in [5.74, 6) is -2.84. The molecule has 0 spiro atoms. The summed E-state index contributed by atoms with van der Waals surface area (Å²) in [4.78, 5) is 36.5. The van der Waals surface area contributed by atoms with Gasteiger partial charge < -0.3 is 39.7 Å². The first kappa shape index (κ1) is 26.6. The number of aromatic hydroxyl groups is 1. The average Bonchev–Trinajstić information content (AvgIpc) is 2.78. The summed E-state index contributed by atoms with van der Waals surface area (Å²) >= 11 is 0. The van der Waals surface area contributed by atoms with Crippen molar-refractivity contribution in [1.29, 1.82) is 0 Å². The summed E-state index contributed by atoms with van der Waals surface area (Å²) in [6.45, 7) is 1.67. The monoisotopic (exact) mass is 494 g/mol. The minimum Gasteiger partial charge on any atom is -0.508 e. The number of hydrogen-bond acceptors (Lipinski definition) is 10. The summed E-state index contributed by atoms with van der Waals surface area (Å²) in [7, 11) is 0.